The lowest BCUT2D eigenvalue weighted by Gasteiger charge is -1.96. The second kappa shape index (κ2) is 3.09. The van der Waals surface area contributed by atoms with E-state index >= 15 is 0 Å². The van der Waals surface area contributed by atoms with Crippen LogP contribution in [0, 0.1) is 6.92 Å². The molecule has 1 heterocycles. The second-order valence-corrected chi connectivity index (χ2v) is 2.01. The first-order chi connectivity index (χ1) is 5.24. The predicted molar refractivity (Wildman–Crippen MR) is 38.1 cm³/mol. The average Bonchev–Trinajstić information content (AvgIpc) is 2.03. The zero-order valence-corrected chi connectivity index (χ0v) is 6.37. The molecule has 0 aliphatic carbocycles. The third-order valence-electron chi connectivity index (χ3n) is 1.16. The van der Waals surface area contributed by atoms with Gasteiger partial charge in [-0.2, -0.15) is 0 Å². The van der Waals surface area contributed by atoms with Crippen LogP contribution in [0.2, 0.25) is 0 Å². The minimum Gasteiger partial charge on any atom is -0.463 e. The first kappa shape index (κ1) is 7.65. The molecular weight excluding hydrogens is 144 g/mol. The Bertz CT molecular complexity index is 273. The fourth-order valence-corrected chi connectivity index (χ4v) is 0.639. The molecular formula is C7H8N2O2. The van der Waals surface area contributed by atoms with Crippen molar-refractivity contribution in [2.24, 2.45) is 0 Å². The van der Waals surface area contributed by atoms with E-state index in [4.69, 9.17) is 0 Å². The molecule has 0 saturated heterocycles. The number of rotatable bonds is 1. The van der Waals surface area contributed by atoms with Crippen LogP contribution in [0.5, 0.6) is 0 Å². The fourth-order valence-electron chi connectivity index (χ4n) is 0.639. The van der Waals surface area contributed by atoms with Crippen molar-refractivity contribution in [3.05, 3.63) is 23.8 Å². The third kappa shape index (κ3) is 1.73. The Morgan fingerprint density at radius 1 is 1.64 bits per heavy atom. The molecule has 1 aromatic rings. The van der Waals surface area contributed by atoms with Crippen LogP contribution in [0.15, 0.2) is 12.3 Å². The summed E-state index contributed by atoms with van der Waals surface area (Å²) in [5.74, 6) is -0.402. The molecule has 0 fully saturated rings. The minimum atomic E-state index is -0.506. The van der Waals surface area contributed by atoms with Crippen molar-refractivity contribution in [3.8, 4) is 0 Å². The fraction of sp³-hybridized carbons (Fsp3) is 0.286. The molecule has 0 N–H and O–H groups in total. The highest BCUT2D eigenvalue weighted by Gasteiger charge is 2.07. The summed E-state index contributed by atoms with van der Waals surface area (Å²) in [6.07, 6.45) is 1.52. The van der Waals surface area contributed by atoms with Crippen molar-refractivity contribution in [2.45, 2.75) is 6.92 Å². The summed E-state index contributed by atoms with van der Waals surface area (Å²) < 4.78 is 4.43. The summed E-state index contributed by atoms with van der Waals surface area (Å²) in [7, 11) is 1.30. The van der Waals surface area contributed by atoms with Crippen molar-refractivity contribution in [1.29, 1.82) is 0 Å². The smallest absolute Gasteiger partial charge is 0.376 e. The van der Waals surface area contributed by atoms with Gasteiger partial charge in [-0.25, -0.2) is 14.8 Å². The maximum absolute atomic E-state index is 10.8. The lowest BCUT2D eigenvalue weighted by atomic mass is 10.4. The van der Waals surface area contributed by atoms with E-state index in [2.05, 4.69) is 14.7 Å². The van der Waals surface area contributed by atoms with Gasteiger partial charge in [0, 0.05) is 11.9 Å². The Balaban J connectivity index is 2.96. The van der Waals surface area contributed by atoms with Crippen LogP contribution in [0.25, 0.3) is 0 Å². The van der Waals surface area contributed by atoms with E-state index in [0.29, 0.717) is 0 Å². The van der Waals surface area contributed by atoms with Crippen LogP contribution in [-0.2, 0) is 4.74 Å². The first-order valence-corrected chi connectivity index (χ1v) is 3.12. The number of esters is 1. The molecule has 0 spiro atoms. The van der Waals surface area contributed by atoms with Gasteiger partial charge in [-0.1, -0.05) is 0 Å². The molecule has 1 aromatic heterocycles. The lowest BCUT2D eigenvalue weighted by Crippen LogP contribution is -2.07. The molecule has 0 aliphatic heterocycles. The van der Waals surface area contributed by atoms with E-state index in [1.165, 1.54) is 13.3 Å². The summed E-state index contributed by atoms with van der Waals surface area (Å²) in [6.45, 7) is 1.79. The highest BCUT2D eigenvalue weighted by Crippen LogP contribution is 1.94. The Morgan fingerprint density at radius 3 is 2.91 bits per heavy atom. The molecule has 0 amide bonds. The second-order valence-electron chi connectivity index (χ2n) is 2.01. The van der Waals surface area contributed by atoms with E-state index in [9.17, 15) is 4.79 Å². The monoisotopic (exact) mass is 152 g/mol. The van der Waals surface area contributed by atoms with Gasteiger partial charge in [-0.05, 0) is 13.0 Å². The van der Waals surface area contributed by atoms with Gasteiger partial charge in [-0.3, -0.25) is 0 Å². The van der Waals surface area contributed by atoms with Crippen LogP contribution < -0.4 is 0 Å². The maximum Gasteiger partial charge on any atom is 0.376 e. The Labute approximate surface area is 64.2 Å². The van der Waals surface area contributed by atoms with Crippen LogP contribution in [0.4, 0.5) is 0 Å². The summed E-state index contributed by atoms with van der Waals surface area (Å²) >= 11 is 0. The molecule has 0 saturated carbocycles. The molecule has 0 unspecified atom stereocenters. The first-order valence-electron chi connectivity index (χ1n) is 3.12. The SMILES string of the molecule is COC(=O)c1nccc(C)n1. The van der Waals surface area contributed by atoms with Gasteiger partial charge >= 0.3 is 5.97 Å². The van der Waals surface area contributed by atoms with Gasteiger partial charge < -0.3 is 4.74 Å². The van der Waals surface area contributed by atoms with Crippen molar-refractivity contribution in [3.63, 3.8) is 0 Å². The van der Waals surface area contributed by atoms with Crippen LogP contribution in [0.3, 0.4) is 0 Å². The van der Waals surface area contributed by atoms with Crippen LogP contribution in [0.1, 0.15) is 16.3 Å². The number of aromatic nitrogens is 2. The lowest BCUT2D eigenvalue weighted by molar-refractivity contribution is 0.0586. The number of methoxy groups -OCH3 is 1. The Morgan fingerprint density at radius 2 is 2.36 bits per heavy atom. The molecule has 0 bridgehead atoms. The Hall–Kier alpha value is -1.45. The van der Waals surface area contributed by atoms with Gasteiger partial charge in [0.2, 0.25) is 5.82 Å². The average molecular weight is 152 g/mol. The van der Waals surface area contributed by atoms with E-state index in [-0.39, 0.29) is 5.82 Å². The summed E-state index contributed by atoms with van der Waals surface area (Å²) in [4.78, 5) is 18.4. The molecule has 0 aliphatic rings. The number of aryl methyl sites for hydroxylation is 1. The highest BCUT2D eigenvalue weighted by atomic mass is 16.5. The van der Waals surface area contributed by atoms with Crippen molar-refractivity contribution in [2.75, 3.05) is 7.11 Å². The topological polar surface area (TPSA) is 52.1 Å². The number of hydrogen-bond acceptors (Lipinski definition) is 4. The molecule has 11 heavy (non-hydrogen) atoms. The molecule has 4 heteroatoms. The van der Waals surface area contributed by atoms with Gasteiger partial charge in [0.25, 0.3) is 0 Å². The third-order valence-corrected chi connectivity index (χ3v) is 1.16. The number of carbonyl (C=O) groups is 1. The van der Waals surface area contributed by atoms with Gasteiger partial charge in [0.1, 0.15) is 0 Å². The number of nitrogens with zero attached hydrogens (tertiary/aromatic N) is 2. The predicted octanol–water partition coefficient (Wildman–Crippen LogP) is 0.572. The molecule has 1 rings (SSSR count). The standard InChI is InChI=1S/C7H8N2O2/c1-5-3-4-8-6(9-5)7(10)11-2/h3-4H,1-2H3. The number of carbonyl (C=O) groups excluding carboxylic acids is 1. The van der Waals surface area contributed by atoms with E-state index in [0.717, 1.165) is 5.69 Å². The van der Waals surface area contributed by atoms with Crippen molar-refractivity contribution < 1.29 is 9.53 Å². The van der Waals surface area contributed by atoms with E-state index in [1.54, 1.807) is 13.0 Å². The van der Waals surface area contributed by atoms with E-state index < -0.39 is 5.97 Å². The van der Waals surface area contributed by atoms with Gasteiger partial charge in [0.05, 0.1) is 7.11 Å². The Kier molecular flexibility index (Phi) is 2.15. The van der Waals surface area contributed by atoms with Crippen molar-refractivity contribution >= 4 is 5.97 Å². The van der Waals surface area contributed by atoms with Gasteiger partial charge in [-0.15, -0.1) is 0 Å². The normalized spacial score (nSPS) is 9.27. The molecule has 0 radical (unpaired) electrons. The van der Waals surface area contributed by atoms with E-state index in [1.807, 2.05) is 0 Å². The molecule has 0 atom stereocenters. The zero-order valence-electron chi connectivity index (χ0n) is 6.37. The molecule has 58 valence electrons. The maximum atomic E-state index is 10.8. The summed E-state index contributed by atoms with van der Waals surface area (Å²) in [5.41, 5.74) is 0.750. The summed E-state index contributed by atoms with van der Waals surface area (Å²) in [5, 5.41) is 0. The number of hydrogen-bond donors (Lipinski definition) is 0. The summed E-state index contributed by atoms with van der Waals surface area (Å²) in [6, 6.07) is 1.71. The van der Waals surface area contributed by atoms with Crippen LogP contribution >= 0.6 is 0 Å². The molecule has 4 nitrogen and oxygen atoms in total. The molecule has 0 aromatic carbocycles. The van der Waals surface area contributed by atoms with Crippen molar-refractivity contribution in [1.82, 2.24) is 9.97 Å². The van der Waals surface area contributed by atoms with Crippen LogP contribution in [-0.4, -0.2) is 23.0 Å². The highest BCUT2D eigenvalue weighted by molar-refractivity contribution is 5.84. The number of ether oxygens (including phenoxy) is 1. The minimum absolute atomic E-state index is 0.104. The largest absolute Gasteiger partial charge is 0.463 e. The zero-order chi connectivity index (χ0) is 8.27. The quantitative estimate of drug-likeness (QED) is 0.552. The van der Waals surface area contributed by atoms with Gasteiger partial charge in [0.15, 0.2) is 0 Å².